The maximum Gasteiger partial charge on any atom is 0.223 e. The van der Waals surface area contributed by atoms with Gasteiger partial charge in [0.15, 0.2) is 0 Å². The van der Waals surface area contributed by atoms with Crippen molar-refractivity contribution in [2.24, 2.45) is 0 Å². The average Bonchev–Trinajstić information content (AvgIpc) is 2.75. The molecule has 1 heterocycles. The zero-order chi connectivity index (χ0) is 20.6. The van der Waals surface area contributed by atoms with Gasteiger partial charge in [-0.3, -0.25) is 9.59 Å². The molecule has 0 aromatic heterocycles. The highest BCUT2D eigenvalue weighted by Crippen LogP contribution is 2.24. The highest BCUT2D eigenvalue weighted by molar-refractivity contribution is 5.92. The number of nitrogens with zero attached hydrogens (tertiary/aromatic N) is 2. The maximum absolute atomic E-state index is 12.4. The molecule has 0 spiro atoms. The fourth-order valence-electron chi connectivity index (χ4n) is 3.82. The van der Waals surface area contributed by atoms with Gasteiger partial charge in [-0.1, -0.05) is 30.3 Å². The van der Waals surface area contributed by atoms with Crippen molar-refractivity contribution in [3.05, 3.63) is 60.2 Å². The van der Waals surface area contributed by atoms with Gasteiger partial charge in [-0.05, 0) is 56.0 Å². The van der Waals surface area contributed by atoms with Crippen LogP contribution < -0.4 is 15.1 Å². The highest BCUT2D eigenvalue weighted by atomic mass is 16.2. The van der Waals surface area contributed by atoms with Gasteiger partial charge in [0.25, 0.3) is 0 Å². The molecule has 154 valence electrons. The summed E-state index contributed by atoms with van der Waals surface area (Å²) in [6.45, 7) is 6.06. The van der Waals surface area contributed by atoms with Crippen LogP contribution >= 0.6 is 0 Å². The van der Waals surface area contributed by atoms with Crippen molar-refractivity contribution in [1.82, 2.24) is 5.32 Å². The van der Waals surface area contributed by atoms with Crippen LogP contribution in [0.4, 0.5) is 11.4 Å². The summed E-state index contributed by atoms with van der Waals surface area (Å²) in [7, 11) is 0. The normalized spacial score (nSPS) is 14.9. The second kappa shape index (κ2) is 10.1. The standard InChI is InChI=1S/C24H31N3O2/c1-19(21-9-5-3-6-10-21)25-24(29)15-18-27(20(2)28)23-13-11-22(12-14-23)26-16-7-4-8-17-26/h3,5-6,9-14,19H,4,7-8,15-18H2,1-2H3,(H,25,29). The van der Waals surface area contributed by atoms with E-state index in [0.717, 1.165) is 24.3 Å². The smallest absolute Gasteiger partial charge is 0.223 e. The van der Waals surface area contributed by atoms with Crippen LogP contribution in [0.25, 0.3) is 0 Å². The van der Waals surface area contributed by atoms with Crippen LogP contribution in [-0.2, 0) is 9.59 Å². The van der Waals surface area contributed by atoms with Gasteiger partial charge in [0.2, 0.25) is 11.8 Å². The largest absolute Gasteiger partial charge is 0.372 e. The molecule has 2 aromatic rings. The fourth-order valence-corrected chi connectivity index (χ4v) is 3.82. The number of benzene rings is 2. The summed E-state index contributed by atoms with van der Waals surface area (Å²) >= 11 is 0. The molecule has 1 saturated heterocycles. The van der Waals surface area contributed by atoms with Crippen LogP contribution in [0, 0.1) is 0 Å². The average molecular weight is 394 g/mol. The molecule has 1 aliphatic rings. The van der Waals surface area contributed by atoms with E-state index in [1.807, 2.05) is 49.4 Å². The number of amides is 2. The van der Waals surface area contributed by atoms with E-state index in [2.05, 4.69) is 22.3 Å². The van der Waals surface area contributed by atoms with Gasteiger partial charge in [0.1, 0.15) is 0 Å². The molecule has 5 nitrogen and oxygen atoms in total. The van der Waals surface area contributed by atoms with E-state index < -0.39 is 0 Å². The first kappa shape index (κ1) is 20.9. The van der Waals surface area contributed by atoms with Crippen molar-refractivity contribution in [2.45, 2.75) is 45.6 Å². The van der Waals surface area contributed by atoms with Crippen LogP contribution in [0.2, 0.25) is 0 Å². The molecule has 1 aliphatic heterocycles. The summed E-state index contributed by atoms with van der Waals surface area (Å²) < 4.78 is 0. The predicted octanol–water partition coefficient (Wildman–Crippen LogP) is 4.30. The highest BCUT2D eigenvalue weighted by Gasteiger charge is 2.16. The van der Waals surface area contributed by atoms with Crippen molar-refractivity contribution < 1.29 is 9.59 Å². The number of hydrogen-bond donors (Lipinski definition) is 1. The lowest BCUT2D eigenvalue weighted by molar-refractivity contribution is -0.121. The number of piperidine rings is 1. The lowest BCUT2D eigenvalue weighted by Crippen LogP contribution is -2.34. The van der Waals surface area contributed by atoms with Crippen molar-refractivity contribution in [3.63, 3.8) is 0 Å². The molecule has 5 heteroatoms. The van der Waals surface area contributed by atoms with Gasteiger partial charge < -0.3 is 15.1 Å². The zero-order valence-corrected chi connectivity index (χ0v) is 17.4. The summed E-state index contributed by atoms with van der Waals surface area (Å²) in [5, 5.41) is 3.01. The van der Waals surface area contributed by atoms with E-state index in [-0.39, 0.29) is 24.3 Å². The van der Waals surface area contributed by atoms with E-state index in [4.69, 9.17) is 0 Å². The van der Waals surface area contributed by atoms with Gasteiger partial charge in [-0.2, -0.15) is 0 Å². The Bertz CT molecular complexity index is 799. The Morgan fingerprint density at radius 2 is 1.66 bits per heavy atom. The Morgan fingerprint density at radius 1 is 1.00 bits per heavy atom. The molecule has 0 aliphatic carbocycles. The van der Waals surface area contributed by atoms with Crippen LogP contribution in [0.5, 0.6) is 0 Å². The third-order valence-corrected chi connectivity index (χ3v) is 5.50. The molecule has 3 rings (SSSR count). The molecule has 0 radical (unpaired) electrons. The monoisotopic (exact) mass is 393 g/mol. The first-order valence-corrected chi connectivity index (χ1v) is 10.5. The number of hydrogen-bond acceptors (Lipinski definition) is 3. The van der Waals surface area contributed by atoms with Gasteiger partial charge in [-0.25, -0.2) is 0 Å². The molecular weight excluding hydrogens is 362 g/mol. The van der Waals surface area contributed by atoms with Gasteiger partial charge in [-0.15, -0.1) is 0 Å². The number of carbonyl (C=O) groups excluding carboxylic acids is 2. The lowest BCUT2D eigenvalue weighted by atomic mass is 10.1. The zero-order valence-electron chi connectivity index (χ0n) is 17.4. The molecule has 0 bridgehead atoms. The molecule has 1 N–H and O–H groups in total. The van der Waals surface area contributed by atoms with E-state index in [1.165, 1.54) is 24.9 Å². The SMILES string of the molecule is CC(=O)N(CCC(=O)NC(C)c1ccccc1)c1ccc(N2CCCCC2)cc1. The molecular formula is C24H31N3O2. The van der Waals surface area contributed by atoms with Crippen molar-refractivity contribution >= 4 is 23.2 Å². The predicted molar refractivity (Wildman–Crippen MR) is 118 cm³/mol. The molecule has 2 amide bonds. The second-order valence-electron chi connectivity index (χ2n) is 7.68. The summed E-state index contributed by atoms with van der Waals surface area (Å²) in [5.74, 6) is -0.114. The van der Waals surface area contributed by atoms with E-state index in [0.29, 0.717) is 6.54 Å². The maximum atomic E-state index is 12.4. The number of carbonyl (C=O) groups is 2. The summed E-state index contributed by atoms with van der Waals surface area (Å²) in [6, 6.07) is 17.9. The van der Waals surface area contributed by atoms with E-state index >= 15 is 0 Å². The fraction of sp³-hybridized carbons (Fsp3) is 0.417. The number of anilines is 2. The van der Waals surface area contributed by atoms with Crippen LogP contribution in [0.1, 0.15) is 51.1 Å². The minimum Gasteiger partial charge on any atom is -0.372 e. The third kappa shape index (κ3) is 5.83. The minimum absolute atomic E-state index is 0.0559. The van der Waals surface area contributed by atoms with Crippen molar-refractivity contribution in [1.29, 1.82) is 0 Å². The molecule has 0 saturated carbocycles. The third-order valence-electron chi connectivity index (χ3n) is 5.50. The Morgan fingerprint density at radius 3 is 2.28 bits per heavy atom. The molecule has 1 fully saturated rings. The van der Waals surface area contributed by atoms with Crippen molar-refractivity contribution in [2.75, 3.05) is 29.4 Å². The first-order valence-electron chi connectivity index (χ1n) is 10.5. The van der Waals surface area contributed by atoms with Gasteiger partial charge in [0.05, 0.1) is 6.04 Å². The minimum atomic E-state index is -0.0578. The first-order chi connectivity index (χ1) is 14.0. The second-order valence-corrected chi connectivity index (χ2v) is 7.68. The topological polar surface area (TPSA) is 52.7 Å². The Hall–Kier alpha value is -2.82. The molecule has 1 unspecified atom stereocenters. The summed E-state index contributed by atoms with van der Waals surface area (Å²) in [6.07, 6.45) is 4.04. The Kier molecular flexibility index (Phi) is 7.28. The van der Waals surface area contributed by atoms with E-state index in [1.54, 1.807) is 11.8 Å². The van der Waals surface area contributed by atoms with Crippen LogP contribution in [0.3, 0.4) is 0 Å². The number of rotatable bonds is 7. The van der Waals surface area contributed by atoms with Gasteiger partial charge >= 0.3 is 0 Å². The summed E-state index contributed by atoms with van der Waals surface area (Å²) in [5.41, 5.74) is 3.10. The summed E-state index contributed by atoms with van der Waals surface area (Å²) in [4.78, 5) is 28.6. The Labute approximate surface area is 173 Å². The van der Waals surface area contributed by atoms with Crippen molar-refractivity contribution in [3.8, 4) is 0 Å². The molecule has 1 atom stereocenters. The molecule has 29 heavy (non-hydrogen) atoms. The van der Waals surface area contributed by atoms with E-state index in [9.17, 15) is 9.59 Å². The molecule has 2 aromatic carbocycles. The Balaban J connectivity index is 1.57. The van der Waals surface area contributed by atoms with Crippen LogP contribution in [-0.4, -0.2) is 31.4 Å². The van der Waals surface area contributed by atoms with Gasteiger partial charge in [0, 0.05) is 44.4 Å². The van der Waals surface area contributed by atoms with Crippen LogP contribution in [0.15, 0.2) is 54.6 Å². The number of nitrogens with one attached hydrogen (secondary N) is 1. The quantitative estimate of drug-likeness (QED) is 0.763. The lowest BCUT2D eigenvalue weighted by Gasteiger charge is -2.29.